The van der Waals surface area contributed by atoms with E-state index in [4.69, 9.17) is 15.1 Å². The lowest BCUT2D eigenvalue weighted by Gasteiger charge is -2.43. The van der Waals surface area contributed by atoms with E-state index < -0.39 is 11.1 Å². The van der Waals surface area contributed by atoms with Crippen LogP contribution in [0, 0.1) is 5.41 Å². The average molecular weight is 517 g/mol. The lowest BCUT2D eigenvalue weighted by atomic mass is 9.71. The lowest BCUT2D eigenvalue weighted by Crippen LogP contribution is -2.52. The summed E-state index contributed by atoms with van der Waals surface area (Å²) >= 11 is 1.42. The average Bonchev–Trinajstić information content (AvgIpc) is 3.30. The Balaban J connectivity index is 1.70. The minimum Gasteiger partial charge on any atom is -0.444 e. The molecular formula is C30H36N4O2S. The fourth-order valence-corrected chi connectivity index (χ4v) is 5.00. The van der Waals surface area contributed by atoms with Crippen molar-refractivity contribution >= 4 is 28.5 Å². The van der Waals surface area contributed by atoms with Gasteiger partial charge >= 0.3 is 6.09 Å². The molecule has 1 amide bonds. The molecular weight excluding hydrogens is 480 g/mol. The molecule has 0 unspecified atom stereocenters. The predicted molar refractivity (Wildman–Crippen MR) is 154 cm³/mol. The first-order valence-corrected chi connectivity index (χ1v) is 13.8. The Morgan fingerprint density at radius 3 is 2.24 bits per heavy atom. The van der Waals surface area contributed by atoms with Crippen molar-refractivity contribution in [3.63, 3.8) is 0 Å². The smallest absolute Gasteiger partial charge is 0.408 e. The first-order valence-electron chi connectivity index (χ1n) is 12.6. The summed E-state index contributed by atoms with van der Waals surface area (Å²) in [5.41, 5.74) is 5.85. The Kier molecular flexibility index (Phi) is 7.64. The number of nitrogens with one attached hydrogen (secondary N) is 3. The Labute approximate surface area is 223 Å². The van der Waals surface area contributed by atoms with Crippen LogP contribution in [0.3, 0.4) is 0 Å². The van der Waals surface area contributed by atoms with Gasteiger partial charge < -0.3 is 15.0 Å². The van der Waals surface area contributed by atoms with Crippen molar-refractivity contribution in [2.45, 2.75) is 65.0 Å². The number of allylic oxidation sites excluding steroid dienone is 1. The maximum atomic E-state index is 12.6. The lowest BCUT2D eigenvalue weighted by molar-refractivity contribution is 0.0377. The third-order valence-electron chi connectivity index (χ3n) is 6.89. The topological polar surface area (TPSA) is 90.9 Å². The molecule has 4 rings (SSSR count). The van der Waals surface area contributed by atoms with Gasteiger partial charge in [-0.3, -0.25) is 5.41 Å². The number of amides is 1. The molecule has 194 valence electrons. The first-order chi connectivity index (χ1) is 17.5. The number of ether oxygens (including phenoxy) is 1. The van der Waals surface area contributed by atoms with E-state index in [1.54, 1.807) is 0 Å². The molecule has 37 heavy (non-hydrogen) atoms. The minimum atomic E-state index is -0.537. The molecule has 0 spiro atoms. The van der Waals surface area contributed by atoms with Gasteiger partial charge in [0.2, 0.25) is 0 Å². The number of hydrogen-bond donors (Lipinski definition) is 3. The number of thioether (sulfide) groups is 1. The fourth-order valence-electron chi connectivity index (χ4n) is 4.54. The van der Waals surface area contributed by atoms with E-state index in [1.165, 1.54) is 11.8 Å². The summed E-state index contributed by atoms with van der Waals surface area (Å²) in [4.78, 5) is 21.1. The summed E-state index contributed by atoms with van der Waals surface area (Å²) in [5, 5.41) is 11.9. The third-order valence-corrected chi connectivity index (χ3v) is 7.60. The number of imidazole rings is 1. The molecule has 6 nitrogen and oxygen atoms in total. The highest BCUT2D eigenvalue weighted by molar-refractivity contribution is 8.13. The van der Waals surface area contributed by atoms with Crippen molar-refractivity contribution in [2.24, 2.45) is 0 Å². The highest BCUT2D eigenvalue weighted by Gasteiger charge is 2.41. The molecule has 0 aliphatic heterocycles. The number of H-pyrrole nitrogens is 1. The summed E-state index contributed by atoms with van der Waals surface area (Å²) < 4.78 is 5.53. The fraction of sp³-hybridized carbons (Fsp3) is 0.367. The second-order valence-electron chi connectivity index (χ2n) is 10.6. The van der Waals surface area contributed by atoms with Crippen LogP contribution < -0.4 is 5.32 Å². The van der Waals surface area contributed by atoms with E-state index in [1.807, 2.05) is 59.1 Å². The first kappa shape index (κ1) is 26.7. The molecule has 3 aromatic rings. The molecule has 3 N–H and O–H groups in total. The number of alkyl carbamates (subject to hydrolysis) is 1. The molecule has 1 aromatic heterocycles. The van der Waals surface area contributed by atoms with Gasteiger partial charge in [0.1, 0.15) is 11.4 Å². The summed E-state index contributed by atoms with van der Waals surface area (Å²) in [6.45, 7) is 9.59. The molecule has 2 aromatic carbocycles. The molecule has 1 saturated carbocycles. The monoisotopic (exact) mass is 516 g/mol. The Morgan fingerprint density at radius 2 is 1.70 bits per heavy atom. The zero-order valence-electron chi connectivity index (χ0n) is 22.5. The SMILES string of the molecule is CSC(=N)/C(C)=C(/C)c1nc(-c2ccccc2)c(-c2ccc(C3(NC(=O)OC(C)(C)C)CCC3)cc2)[nH]1. The van der Waals surface area contributed by atoms with E-state index in [-0.39, 0.29) is 6.09 Å². The summed E-state index contributed by atoms with van der Waals surface area (Å²) in [5.74, 6) is 0.760. The number of carbonyl (C=O) groups excluding carboxylic acids is 1. The van der Waals surface area contributed by atoms with Crippen LogP contribution in [0.25, 0.3) is 28.1 Å². The minimum absolute atomic E-state index is 0.380. The van der Waals surface area contributed by atoms with Gasteiger partial charge in [0.05, 0.1) is 22.0 Å². The highest BCUT2D eigenvalue weighted by atomic mass is 32.2. The van der Waals surface area contributed by atoms with Gasteiger partial charge in [-0.25, -0.2) is 9.78 Å². The summed E-state index contributed by atoms with van der Waals surface area (Å²) in [6, 6.07) is 18.5. The number of carbonyl (C=O) groups is 1. The van der Waals surface area contributed by atoms with Gasteiger partial charge in [-0.2, -0.15) is 0 Å². The van der Waals surface area contributed by atoms with Crippen LogP contribution in [-0.2, 0) is 10.3 Å². The van der Waals surface area contributed by atoms with Gasteiger partial charge in [0.15, 0.2) is 0 Å². The molecule has 1 aliphatic rings. The van der Waals surface area contributed by atoms with Crippen molar-refractivity contribution < 1.29 is 9.53 Å². The van der Waals surface area contributed by atoms with E-state index in [0.717, 1.165) is 64.3 Å². The number of aromatic amines is 1. The van der Waals surface area contributed by atoms with Crippen LogP contribution in [0.5, 0.6) is 0 Å². The normalized spacial score (nSPS) is 15.4. The number of hydrogen-bond acceptors (Lipinski definition) is 5. The zero-order valence-corrected chi connectivity index (χ0v) is 23.3. The number of aromatic nitrogens is 2. The molecule has 1 aliphatic carbocycles. The largest absolute Gasteiger partial charge is 0.444 e. The van der Waals surface area contributed by atoms with Crippen LogP contribution in [0.15, 0.2) is 60.2 Å². The van der Waals surface area contributed by atoms with Gasteiger partial charge in [0.25, 0.3) is 0 Å². The summed E-state index contributed by atoms with van der Waals surface area (Å²) in [6.07, 6.45) is 4.37. The second kappa shape index (κ2) is 10.6. The predicted octanol–water partition coefficient (Wildman–Crippen LogP) is 7.78. The summed E-state index contributed by atoms with van der Waals surface area (Å²) in [7, 11) is 0. The van der Waals surface area contributed by atoms with Crippen molar-refractivity contribution in [1.82, 2.24) is 15.3 Å². The number of benzene rings is 2. The maximum absolute atomic E-state index is 12.6. The van der Waals surface area contributed by atoms with E-state index in [9.17, 15) is 4.79 Å². The van der Waals surface area contributed by atoms with Crippen molar-refractivity contribution in [3.05, 3.63) is 71.6 Å². The molecule has 0 saturated heterocycles. The van der Waals surface area contributed by atoms with Crippen molar-refractivity contribution in [1.29, 1.82) is 5.41 Å². The zero-order chi connectivity index (χ0) is 26.8. The molecule has 1 fully saturated rings. The van der Waals surface area contributed by atoms with E-state index in [2.05, 4.69) is 46.7 Å². The van der Waals surface area contributed by atoms with Gasteiger partial charge in [0, 0.05) is 11.1 Å². The molecule has 0 atom stereocenters. The van der Waals surface area contributed by atoms with Crippen LogP contribution in [0.2, 0.25) is 0 Å². The number of rotatable bonds is 6. The van der Waals surface area contributed by atoms with E-state index in [0.29, 0.717) is 5.04 Å². The van der Waals surface area contributed by atoms with Crippen LogP contribution in [0.1, 0.15) is 65.3 Å². The quantitative estimate of drug-likeness (QED) is 0.230. The van der Waals surface area contributed by atoms with Crippen molar-refractivity contribution in [2.75, 3.05) is 6.26 Å². The molecule has 1 heterocycles. The highest BCUT2D eigenvalue weighted by Crippen LogP contribution is 2.42. The van der Waals surface area contributed by atoms with Crippen LogP contribution in [-0.4, -0.2) is 33.0 Å². The van der Waals surface area contributed by atoms with Gasteiger partial charge in [-0.15, -0.1) is 11.8 Å². The second-order valence-corrected chi connectivity index (χ2v) is 11.4. The standard InChI is InChI=1S/C30H36N4O2S/c1-19(26(31)37-6)20(2)27-32-24(21-11-8-7-9-12-21)25(33-27)22-13-15-23(16-14-22)30(17-10-18-30)34-28(35)36-29(3,4)5/h7-9,11-16,31H,10,17-18H2,1-6H3,(H,32,33)(H,34,35)/b20-19-,31-26?. The van der Waals surface area contributed by atoms with Gasteiger partial charge in [-0.05, 0) is 76.8 Å². The van der Waals surface area contributed by atoms with Crippen LogP contribution >= 0.6 is 11.8 Å². The van der Waals surface area contributed by atoms with Crippen molar-refractivity contribution in [3.8, 4) is 22.5 Å². The van der Waals surface area contributed by atoms with Crippen LogP contribution in [0.4, 0.5) is 4.79 Å². The van der Waals surface area contributed by atoms with E-state index >= 15 is 0 Å². The molecule has 0 radical (unpaired) electrons. The molecule has 0 bridgehead atoms. The molecule has 7 heteroatoms. The van der Waals surface area contributed by atoms with Gasteiger partial charge in [-0.1, -0.05) is 54.6 Å². The Hall–Kier alpha value is -3.32. The number of nitrogens with zero attached hydrogens (tertiary/aromatic N) is 1. The Bertz CT molecular complexity index is 1310. The third kappa shape index (κ3) is 5.82. The maximum Gasteiger partial charge on any atom is 0.408 e. The Morgan fingerprint density at radius 1 is 1.05 bits per heavy atom.